The molecule has 0 amide bonds. The van der Waals surface area contributed by atoms with Crippen molar-refractivity contribution >= 4 is 22.7 Å². The van der Waals surface area contributed by atoms with Gasteiger partial charge in [-0.15, -0.1) is 4.91 Å². The minimum absolute atomic E-state index is 0. The van der Waals surface area contributed by atoms with Gasteiger partial charge in [-0.2, -0.15) is 8.42 Å². The Morgan fingerprint density at radius 2 is 0.750 bits per heavy atom. The molecular formula is H5AuNNa4O8S2+4. The van der Waals surface area contributed by atoms with Gasteiger partial charge in [-0.3, -0.25) is 18.2 Å². The van der Waals surface area contributed by atoms with E-state index in [0.29, 0.717) is 0 Å². The van der Waals surface area contributed by atoms with Gasteiger partial charge in [-0.25, -0.2) is 0 Å². The van der Waals surface area contributed by atoms with E-state index in [2.05, 4.69) is 0 Å². The number of hydrogen-bond acceptors (Lipinski definition) is 4. The van der Waals surface area contributed by atoms with Crippen LogP contribution >= 0.6 is 0 Å². The van der Waals surface area contributed by atoms with E-state index in [-0.39, 0.29) is 141 Å². The maximum atomic E-state index is 8.67. The normalized spacial score (nSPS) is 5.12. The van der Waals surface area contributed by atoms with Gasteiger partial charge in [0.1, 0.15) is 0 Å². The summed E-state index contributed by atoms with van der Waals surface area (Å²) in [6, 6.07) is 0. The van der Waals surface area contributed by atoms with E-state index in [0.717, 1.165) is 0 Å². The van der Waals surface area contributed by atoms with E-state index in [1.165, 1.54) is 5.34 Å². The van der Waals surface area contributed by atoms with Gasteiger partial charge < -0.3 is 5.21 Å². The monoisotopic (exact) mass is 500 g/mol. The van der Waals surface area contributed by atoms with Crippen LogP contribution in [0.5, 0.6) is 0 Å². The maximum Gasteiger partial charge on any atom is 1.00 e. The van der Waals surface area contributed by atoms with Crippen molar-refractivity contribution in [2.24, 2.45) is 5.34 Å². The third-order valence-electron chi connectivity index (χ3n) is 0. The summed E-state index contributed by atoms with van der Waals surface area (Å²) in [7, 11) is 0. The van der Waals surface area contributed by atoms with Crippen molar-refractivity contribution in [1.29, 1.82) is 0 Å². The van der Waals surface area contributed by atoms with Gasteiger partial charge >= 0.3 is 118 Å². The molecule has 9 nitrogen and oxygen atoms in total. The average molecular weight is 500 g/mol. The third kappa shape index (κ3) is 298. The summed E-state index contributed by atoms with van der Waals surface area (Å²) < 4.78 is 45.7. The molecule has 5 N–H and O–H groups in total. The Morgan fingerprint density at radius 3 is 0.750 bits per heavy atom. The largest absolute Gasteiger partial charge is 1.00 e. The van der Waals surface area contributed by atoms with E-state index < -0.39 is 22.7 Å². The van der Waals surface area contributed by atoms with Crippen LogP contribution in [-0.4, -0.2) is 31.8 Å². The van der Waals surface area contributed by atoms with Crippen molar-refractivity contribution in [1.82, 2.24) is 0 Å². The van der Waals surface area contributed by atoms with Crippen molar-refractivity contribution < 1.29 is 172 Å². The zero-order valence-electron chi connectivity index (χ0n) is 9.03. The molecule has 0 rings (SSSR count). The van der Waals surface area contributed by atoms with Gasteiger partial charge in [0.05, 0.1) is 0 Å². The molecule has 1 radical (unpaired) electrons. The number of hydrogen-bond donors (Lipinski definition) is 5. The van der Waals surface area contributed by atoms with Crippen molar-refractivity contribution in [2.75, 3.05) is 0 Å². The molecule has 16 heteroatoms. The van der Waals surface area contributed by atoms with Gasteiger partial charge in [-0.1, -0.05) is 0 Å². The minimum atomic E-state index is -2.61. The second-order valence-corrected chi connectivity index (χ2v) is 1.47. The number of rotatable bonds is 0. The summed E-state index contributed by atoms with van der Waals surface area (Å²) in [5, 5.41) is 7.89. The second-order valence-electron chi connectivity index (χ2n) is 0.543. The Hall–Kier alpha value is 4.28. The SMILES string of the molecule is O=NO.O=S(O)O.O=S(O)O.[Au].[Na+].[Na+].[Na+].[Na+]. The summed E-state index contributed by atoms with van der Waals surface area (Å²) in [5.41, 5.74) is 0. The van der Waals surface area contributed by atoms with Gasteiger partial charge in [0.15, 0.2) is 5.34 Å². The molecule has 0 saturated carbocycles. The topological polar surface area (TPSA) is 165 Å². The van der Waals surface area contributed by atoms with Crippen LogP contribution in [0.15, 0.2) is 5.34 Å². The third-order valence-corrected chi connectivity index (χ3v) is 0. The molecular weight excluding hydrogens is 495 g/mol. The Morgan fingerprint density at radius 1 is 0.750 bits per heavy atom. The van der Waals surface area contributed by atoms with Crippen molar-refractivity contribution in [3.8, 4) is 0 Å². The Bertz CT molecular complexity index is 117. The molecule has 0 aromatic heterocycles. The fourth-order valence-electron chi connectivity index (χ4n) is 0. The standard InChI is InChI=1S/Au.HNO2.4Na.2H2O3S/c;2-1-3;;;;;2*1-4(2)3/h;(H,2,3);;;;;2*(H2,1,2,3)/q;;4*+1;;. The molecule has 0 heterocycles. The van der Waals surface area contributed by atoms with E-state index in [1.807, 2.05) is 0 Å². The number of nitrogens with zero attached hydrogens (tertiary/aromatic N) is 1. The molecule has 0 fully saturated rings. The van der Waals surface area contributed by atoms with Crippen LogP contribution in [0.3, 0.4) is 0 Å². The van der Waals surface area contributed by atoms with Crippen LogP contribution in [0.4, 0.5) is 0 Å². The van der Waals surface area contributed by atoms with Crippen molar-refractivity contribution in [2.45, 2.75) is 0 Å². The average Bonchev–Trinajstić information content (AvgIpc) is 1.60. The van der Waals surface area contributed by atoms with Crippen LogP contribution in [0.1, 0.15) is 0 Å². The molecule has 0 spiro atoms. The fourth-order valence-corrected chi connectivity index (χ4v) is 0. The summed E-state index contributed by atoms with van der Waals surface area (Å²) in [5.74, 6) is 0. The first-order valence-corrected chi connectivity index (χ1v) is 3.57. The smallest absolute Gasteiger partial charge is 0.379 e. The summed E-state index contributed by atoms with van der Waals surface area (Å²) in [4.78, 5) is 8.11. The summed E-state index contributed by atoms with van der Waals surface area (Å²) in [6.45, 7) is 0. The predicted molar refractivity (Wildman–Crippen MR) is 34.4 cm³/mol. The molecule has 0 unspecified atom stereocenters. The van der Waals surface area contributed by atoms with Gasteiger partial charge in [0.2, 0.25) is 0 Å². The van der Waals surface area contributed by atoms with Crippen LogP contribution in [0.2, 0.25) is 0 Å². The molecule has 0 aliphatic rings. The predicted octanol–water partition coefficient (Wildman–Crippen LogP) is -12.5. The molecule has 0 atom stereocenters. The van der Waals surface area contributed by atoms with E-state index >= 15 is 0 Å². The molecule has 0 saturated heterocycles. The van der Waals surface area contributed by atoms with E-state index in [4.69, 9.17) is 36.7 Å². The summed E-state index contributed by atoms with van der Waals surface area (Å²) in [6.07, 6.45) is 0. The first-order valence-electron chi connectivity index (χ1n) is 1.45. The first kappa shape index (κ1) is 50.0. The Labute approximate surface area is 201 Å². The summed E-state index contributed by atoms with van der Waals surface area (Å²) >= 11 is -5.22. The first-order chi connectivity index (χ1) is 4.88. The fraction of sp³-hybridized carbons (Fsp3) is 0. The van der Waals surface area contributed by atoms with Crippen LogP contribution in [0, 0.1) is 4.91 Å². The van der Waals surface area contributed by atoms with Crippen LogP contribution in [-0.2, 0) is 45.1 Å². The van der Waals surface area contributed by atoms with Crippen molar-refractivity contribution in [3.05, 3.63) is 4.91 Å². The molecule has 81 valence electrons. The van der Waals surface area contributed by atoms with Gasteiger partial charge in [0.25, 0.3) is 22.7 Å². The Kier molecular flexibility index (Phi) is 158. The van der Waals surface area contributed by atoms with Crippen LogP contribution in [0.25, 0.3) is 0 Å². The van der Waals surface area contributed by atoms with Gasteiger partial charge in [0, 0.05) is 22.4 Å². The second kappa shape index (κ2) is 50.6. The van der Waals surface area contributed by atoms with Crippen molar-refractivity contribution in [3.63, 3.8) is 0 Å². The van der Waals surface area contributed by atoms with Gasteiger partial charge in [-0.05, 0) is 0 Å². The van der Waals surface area contributed by atoms with Crippen LogP contribution < -0.4 is 118 Å². The zero-order chi connectivity index (χ0) is 9.86. The van der Waals surface area contributed by atoms with E-state index in [1.54, 1.807) is 0 Å². The molecule has 0 aliphatic carbocycles. The quantitative estimate of drug-likeness (QED) is 0.0948. The molecule has 16 heavy (non-hydrogen) atoms. The molecule has 0 aromatic rings. The van der Waals surface area contributed by atoms with E-state index in [9.17, 15) is 0 Å². The molecule has 0 aromatic carbocycles. The maximum absolute atomic E-state index is 8.67. The minimum Gasteiger partial charge on any atom is -0.379 e. The zero-order valence-corrected chi connectivity index (χ0v) is 20.8. The molecule has 0 bridgehead atoms. The Balaban J connectivity index is -0.00000000872. The molecule has 0 aliphatic heterocycles.